The maximum atomic E-state index is 13.4. The highest BCUT2D eigenvalue weighted by molar-refractivity contribution is 5.96. The van der Waals surface area contributed by atoms with E-state index < -0.39 is 5.91 Å². The van der Waals surface area contributed by atoms with Crippen LogP contribution in [0.3, 0.4) is 0 Å². The normalized spacial score (nSPS) is 15.6. The van der Waals surface area contributed by atoms with Crippen LogP contribution in [0.5, 0.6) is 0 Å². The van der Waals surface area contributed by atoms with Crippen molar-refractivity contribution in [1.82, 2.24) is 19.9 Å². The van der Waals surface area contributed by atoms with Crippen molar-refractivity contribution < 1.29 is 9.59 Å². The van der Waals surface area contributed by atoms with E-state index in [1.807, 2.05) is 48.2 Å². The molecular formula is C24H26N6O2. The number of hydrogen-bond acceptors (Lipinski definition) is 6. The zero-order valence-corrected chi connectivity index (χ0v) is 18.2. The molecule has 3 aromatic rings. The number of anilines is 1. The number of rotatable bonds is 6. The zero-order chi connectivity index (χ0) is 22.7. The molecule has 32 heavy (non-hydrogen) atoms. The predicted octanol–water partition coefficient (Wildman–Crippen LogP) is 3.18. The summed E-state index contributed by atoms with van der Waals surface area (Å²) in [6, 6.07) is 11.2. The lowest BCUT2D eigenvalue weighted by Crippen LogP contribution is -2.32. The fourth-order valence-corrected chi connectivity index (χ4v) is 3.97. The number of carbonyl (C=O) groups excluding carboxylic acids is 2. The molecule has 3 heterocycles. The maximum Gasteiger partial charge on any atom is 0.254 e. The lowest BCUT2D eigenvalue weighted by Gasteiger charge is -2.24. The molecular weight excluding hydrogens is 404 g/mol. The smallest absolute Gasteiger partial charge is 0.254 e. The van der Waals surface area contributed by atoms with E-state index in [0.29, 0.717) is 35.7 Å². The summed E-state index contributed by atoms with van der Waals surface area (Å²) in [5, 5.41) is 3.38. The van der Waals surface area contributed by atoms with Crippen molar-refractivity contribution in [3.63, 3.8) is 0 Å². The molecule has 1 aromatic carbocycles. The monoisotopic (exact) mass is 430 g/mol. The number of carbonyl (C=O) groups is 2. The van der Waals surface area contributed by atoms with Crippen molar-refractivity contribution >= 4 is 17.5 Å². The minimum Gasteiger partial charge on any atom is -0.379 e. The molecule has 1 saturated heterocycles. The number of pyridine rings is 1. The zero-order valence-electron chi connectivity index (χ0n) is 18.2. The Labute approximate surface area is 186 Å². The van der Waals surface area contributed by atoms with Gasteiger partial charge in [-0.3, -0.25) is 14.6 Å². The Morgan fingerprint density at radius 2 is 2.03 bits per heavy atom. The molecule has 0 radical (unpaired) electrons. The predicted molar refractivity (Wildman–Crippen MR) is 121 cm³/mol. The van der Waals surface area contributed by atoms with Gasteiger partial charge in [0.1, 0.15) is 0 Å². The molecule has 164 valence electrons. The van der Waals surface area contributed by atoms with Gasteiger partial charge in [-0.05, 0) is 56.5 Å². The summed E-state index contributed by atoms with van der Waals surface area (Å²) in [6.07, 6.45) is 4.86. The van der Waals surface area contributed by atoms with Crippen LogP contribution in [0.25, 0.3) is 0 Å². The Balaban J connectivity index is 1.54. The number of benzene rings is 1. The molecule has 8 nitrogen and oxygen atoms in total. The second-order valence-corrected chi connectivity index (χ2v) is 7.95. The van der Waals surface area contributed by atoms with Gasteiger partial charge in [0.05, 0.1) is 29.5 Å². The van der Waals surface area contributed by atoms with Crippen molar-refractivity contribution in [1.29, 1.82) is 0 Å². The van der Waals surface area contributed by atoms with Crippen LogP contribution in [0.15, 0.2) is 48.8 Å². The first-order valence-electron chi connectivity index (χ1n) is 10.6. The Morgan fingerprint density at radius 1 is 1.19 bits per heavy atom. The largest absolute Gasteiger partial charge is 0.379 e. The third-order valence-corrected chi connectivity index (χ3v) is 5.75. The topological polar surface area (TPSA) is 114 Å². The van der Waals surface area contributed by atoms with Crippen molar-refractivity contribution in [2.75, 3.05) is 11.9 Å². The molecule has 1 atom stereocenters. The summed E-state index contributed by atoms with van der Waals surface area (Å²) in [5.74, 6) is -0.0774. The number of aryl methyl sites for hydroxylation is 2. The number of hydrogen-bond donors (Lipinski definition) is 2. The average molecular weight is 431 g/mol. The van der Waals surface area contributed by atoms with Gasteiger partial charge in [0.25, 0.3) is 11.8 Å². The Kier molecular flexibility index (Phi) is 6.11. The summed E-state index contributed by atoms with van der Waals surface area (Å²) in [6.45, 7) is 4.94. The molecule has 0 unspecified atom stereocenters. The second kappa shape index (κ2) is 9.13. The van der Waals surface area contributed by atoms with Gasteiger partial charge in [0.15, 0.2) is 5.82 Å². The molecule has 2 aromatic heterocycles. The Hall–Kier alpha value is -3.81. The molecule has 2 amide bonds. The van der Waals surface area contributed by atoms with Crippen LogP contribution in [-0.2, 0) is 6.54 Å². The molecule has 0 aliphatic carbocycles. The molecule has 3 N–H and O–H groups in total. The van der Waals surface area contributed by atoms with E-state index in [1.54, 1.807) is 13.1 Å². The van der Waals surface area contributed by atoms with Gasteiger partial charge in [0.2, 0.25) is 0 Å². The van der Waals surface area contributed by atoms with Gasteiger partial charge < -0.3 is 16.0 Å². The number of nitrogens with zero attached hydrogens (tertiary/aromatic N) is 4. The van der Waals surface area contributed by atoms with Crippen molar-refractivity contribution in [3.8, 4) is 0 Å². The van der Waals surface area contributed by atoms with E-state index in [0.717, 1.165) is 29.8 Å². The van der Waals surface area contributed by atoms with Gasteiger partial charge in [-0.15, -0.1) is 0 Å². The molecule has 1 aliphatic rings. The van der Waals surface area contributed by atoms with Gasteiger partial charge in [-0.1, -0.05) is 12.1 Å². The Bertz CT molecular complexity index is 1150. The molecule has 0 bridgehead atoms. The van der Waals surface area contributed by atoms with Gasteiger partial charge in [-0.25, -0.2) is 9.97 Å². The number of nitrogens with two attached hydrogens (primary N) is 1. The summed E-state index contributed by atoms with van der Waals surface area (Å²) in [4.78, 5) is 39.8. The Morgan fingerprint density at radius 3 is 2.75 bits per heavy atom. The number of amides is 2. The van der Waals surface area contributed by atoms with Crippen molar-refractivity contribution in [3.05, 3.63) is 82.7 Å². The van der Waals surface area contributed by atoms with Crippen LogP contribution in [0.4, 0.5) is 5.69 Å². The number of aromatic nitrogens is 3. The van der Waals surface area contributed by atoms with Crippen molar-refractivity contribution in [2.45, 2.75) is 39.3 Å². The van der Waals surface area contributed by atoms with Crippen LogP contribution in [0, 0.1) is 13.8 Å². The van der Waals surface area contributed by atoms with E-state index in [9.17, 15) is 9.59 Å². The molecule has 0 spiro atoms. The van der Waals surface area contributed by atoms with Crippen LogP contribution >= 0.6 is 0 Å². The summed E-state index contributed by atoms with van der Waals surface area (Å²) >= 11 is 0. The highest BCUT2D eigenvalue weighted by atomic mass is 16.2. The van der Waals surface area contributed by atoms with E-state index in [1.165, 1.54) is 6.20 Å². The minimum absolute atomic E-state index is 0.0615. The summed E-state index contributed by atoms with van der Waals surface area (Å²) in [5.41, 5.74) is 9.67. The number of nitrogens with one attached hydrogen (secondary N) is 1. The van der Waals surface area contributed by atoms with Crippen molar-refractivity contribution in [2.24, 2.45) is 5.73 Å². The number of likely N-dealkylation sites (tertiary alicyclic amines) is 1. The van der Waals surface area contributed by atoms with E-state index in [-0.39, 0.29) is 11.9 Å². The summed E-state index contributed by atoms with van der Waals surface area (Å²) < 4.78 is 0. The minimum atomic E-state index is -0.557. The third kappa shape index (κ3) is 4.44. The quantitative estimate of drug-likeness (QED) is 0.621. The first-order chi connectivity index (χ1) is 15.4. The fourth-order valence-electron chi connectivity index (χ4n) is 3.97. The lowest BCUT2D eigenvalue weighted by molar-refractivity contribution is 0.0729. The van der Waals surface area contributed by atoms with Crippen LogP contribution in [0.1, 0.15) is 62.4 Å². The molecule has 1 fully saturated rings. The highest BCUT2D eigenvalue weighted by Crippen LogP contribution is 2.32. The van der Waals surface area contributed by atoms with E-state index in [4.69, 9.17) is 5.73 Å². The van der Waals surface area contributed by atoms with Gasteiger partial charge >= 0.3 is 0 Å². The SMILES string of the molecule is Cc1ccc(C(=O)N2CCC[C@H]2c2ncc(C(N)=O)c(C)n2)cc1NCc1ccccn1. The maximum absolute atomic E-state index is 13.4. The third-order valence-electron chi connectivity index (χ3n) is 5.75. The number of primary amides is 1. The van der Waals surface area contributed by atoms with Gasteiger partial charge in [-0.2, -0.15) is 0 Å². The second-order valence-electron chi connectivity index (χ2n) is 7.95. The van der Waals surface area contributed by atoms with Crippen LogP contribution < -0.4 is 11.1 Å². The van der Waals surface area contributed by atoms with E-state index in [2.05, 4.69) is 20.3 Å². The van der Waals surface area contributed by atoms with E-state index >= 15 is 0 Å². The van der Waals surface area contributed by atoms with Crippen LogP contribution in [0.2, 0.25) is 0 Å². The first kappa shape index (κ1) is 21.4. The van der Waals surface area contributed by atoms with Crippen LogP contribution in [-0.4, -0.2) is 38.2 Å². The standard InChI is InChI=1S/C24H26N6O2/c1-15-8-9-17(12-20(15)27-13-18-6-3-4-10-26-18)24(32)30-11-5-7-21(30)23-28-14-19(22(25)31)16(2)29-23/h3-4,6,8-10,12,14,21,27H,5,7,11,13H2,1-2H3,(H2,25,31)/t21-/m0/s1. The highest BCUT2D eigenvalue weighted by Gasteiger charge is 2.33. The molecule has 8 heteroatoms. The lowest BCUT2D eigenvalue weighted by atomic mass is 10.1. The average Bonchev–Trinajstić information content (AvgIpc) is 3.28. The fraction of sp³-hybridized carbons (Fsp3) is 0.292. The summed E-state index contributed by atoms with van der Waals surface area (Å²) in [7, 11) is 0. The first-order valence-corrected chi connectivity index (χ1v) is 10.6. The molecule has 0 saturated carbocycles. The van der Waals surface area contributed by atoms with Gasteiger partial charge in [0, 0.05) is 30.2 Å². The molecule has 4 rings (SSSR count). The molecule has 1 aliphatic heterocycles.